The van der Waals surface area contributed by atoms with Crippen molar-refractivity contribution in [3.8, 4) is 0 Å². The van der Waals surface area contributed by atoms with Gasteiger partial charge in [-0.2, -0.15) is 0 Å². The number of allylic oxidation sites excluding steroid dienone is 2. The first kappa shape index (κ1) is 25.5. The standard InChI is InChI=1S/C26H29FO3.C2H6/c1-15-11-16(2)22(17(3)12-15)23-21(30-25(29)26(4,5)6)14-19(24(23)28)13-18-9-7-8-10-20(18)27;1-2/h7-12,19H,13-14H2,1-6H3;1-2H3. The Balaban J connectivity index is 0.00000176. The van der Waals surface area contributed by atoms with E-state index in [9.17, 15) is 14.0 Å². The molecule has 0 radical (unpaired) electrons. The molecule has 0 fully saturated rings. The molecule has 3 rings (SSSR count). The molecule has 0 amide bonds. The number of benzene rings is 2. The van der Waals surface area contributed by atoms with Crippen LogP contribution >= 0.6 is 0 Å². The van der Waals surface area contributed by atoms with Crippen LogP contribution < -0.4 is 0 Å². The highest BCUT2D eigenvalue weighted by Gasteiger charge is 2.39. The number of Topliss-reactive ketones (excluding diaryl/α,β-unsaturated/α-hetero) is 1. The summed E-state index contributed by atoms with van der Waals surface area (Å²) in [6.45, 7) is 15.3. The third kappa shape index (κ3) is 5.53. The van der Waals surface area contributed by atoms with Gasteiger partial charge in [-0.25, -0.2) is 4.39 Å². The van der Waals surface area contributed by atoms with Gasteiger partial charge in [0.1, 0.15) is 11.6 Å². The highest BCUT2D eigenvalue weighted by molar-refractivity contribution is 6.25. The number of esters is 1. The Bertz CT molecular complexity index is 1020. The summed E-state index contributed by atoms with van der Waals surface area (Å²) in [5, 5.41) is 0. The molecule has 32 heavy (non-hydrogen) atoms. The summed E-state index contributed by atoms with van der Waals surface area (Å²) in [6.07, 6.45) is 0.562. The van der Waals surface area contributed by atoms with Crippen LogP contribution in [0.5, 0.6) is 0 Å². The van der Waals surface area contributed by atoms with Crippen LogP contribution in [0.2, 0.25) is 0 Å². The van der Waals surface area contributed by atoms with Gasteiger partial charge in [0.25, 0.3) is 0 Å². The Morgan fingerprint density at radius 2 is 1.62 bits per heavy atom. The maximum atomic E-state index is 14.2. The fourth-order valence-corrected chi connectivity index (χ4v) is 4.05. The molecule has 172 valence electrons. The van der Waals surface area contributed by atoms with Crippen molar-refractivity contribution in [3.05, 3.63) is 75.8 Å². The Hall–Kier alpha value is -2.75. The Morgan fingerprint density at radius 3 is 2.16 bits per heavy atom. The van der Waals surface area contributed by atoms with E-state index in [2.05, 4.69) is 0 Å². The maximum absolute atomic E-state index is 14.2. The van der Waals surface area contributed by atoms with Gasteiger partial charge < -0.3 is 4.74 Å². The molecule has 3 nitrogen and oxygen atoms in total. The highest BCUT2D eigenvalue weighted by Crippen LogP contribution is 2.41. The Kier molecular flexibility index (Phi) is 8.17. The summed E-state index contributed by atoms with van der Waals surface area (Å²) < 4.78 is 20.0. The molecule has 0 heterocycles. The van der Waals surface area contributed by atoms with Crippen molar-refractivity contribution in [3.63, 3.8) is 0 Å². The van der Waals surface area contributed by atoms with Crippen molar-refractivity contribution in [2.24, 2.45) is 11.3 Å². The third-order valence-electron chi connectivity index (χ3n) is 5.51. The zero-order valence-electron chi connectivity index (χ0n) is 20.6. The molecule has 0 N–H and O–H groups in total. The molecule has 0 spiro atoms. The first-order valence-corrected chi connectivity index (χ1v) is 11.3. The van der Waals surface area contributed by atoms with Gasteiger partial charge in [0.2, 0.25) is 0 Å². The number of halogens is 1. The minimum atomic E-state index is -0.692. The summed E-state index contributed by atoms with van der Waals surface area (Å²) in [7, 11) is 0. The van der Waals surface area contributed by atoms with Crippen LogP contribution in [0.4, 0.5) is 4.39 Å². The van der Waals surface area contributed by atoms with Crippen molar-refractivity contribution >= 4 is 17.3 Å². The zero-order valence-corrected chi connectivity index (χ0v) is 20.6. The second kappa shape index (κ2) is 10.2. The van der Waals surface area contributed by atoms with Crippen LogP contribution in [0.25, 0.3) is 5.57 Å². The predicted molar refractivity (Wildman–Crippen MR) is 128 cm³/mol. The second-order valence-corrected chi connectivity index (χ2v) is 9.27. The molecule has 2 aromatic rings. The number of ether oxygens (including phenoxy) is 1. The quantitative estimate of drug-likeness (QED) is 0.487. The van der Waals surface area contributed by atoms with E-state index in [0.29, 0.717) is 16.9 Å². The van der Waals surface area contributed by atoms with E-state index in [4.69, 9.17) is 4.74 Å². The maximum Gasteiger partial charge on any atom is 0.316 e. The molecule has 0 saturated heterocycles. The van der Waals surface area contributed by atoms with Gasteiger partial charge in [-0.3, -0.25) is 9.59 Å². The average molecular weight is 439 g/mol. The summed E-state index contributed by atoms with van der Waals surface area (Å²) in [5.41, 5.74) is 4.12. The molecule has 1 aliphatic carbocycles. The molecule has 1 atom stereocenters. The van der Waals surface area contributed by atoms with Crippen LogP contribution in [0.3, 0.4) is 0 Å². The van der Waals surface area contributed by atoms with Gasteiger partial charge >= 0.3 is 5.97 Å². The zero-order chi connectivity index (χ0) is 24.2. The molecular weight excluding hydrogens is 403 g/mol. The second-order valence-electron chi connectivity index (χ2n) is 9.27. The smallest absolute Gasteiger partial charge is 0.316 e. The molecule has 0 aromatic heterocycles. The lowest BCUT2D eigenvalue weighted by atomic mass is 9.89. The van der Waals surface area contributed by atoms with Crippen LogP contribution in [0, 0.1) is 37.9 Å². The van der Waals surface area contributed by atoms with Gasteiger partial charge in [0.05, 0.1) is 11.0 Å². The van der Waals surface area contributed by atoms with E-state index in [1.807, 2.05) is 46.8 Å². The van der Waals surface area contributed by atoms with Crippen molar-refractivity contribution in [1.82, 2.24) is 0 Å². The molecule has 2 aromatic carbocycles. The van der Waals surface area contributed by atoms with Crippen molar-refractivity contribution in [1.29, 1.82) is 0 Å². The molecule has 1 aliphatic rings. The van der Waals surface area contributed by atoms with Gasteiger partial charge in [-0.05, 0) is 76.3 Å². The van der Waals surface area contributed by atoms with E-state index >= 15 is 0 Å². The van der Waals surface area contributed by atoms with E-state index < -0.39 is 11.3 Å². The number of rotatable bonds is 4. The average Bonchev–Trinajstić information content (AvgIpc) is 2.99. The lowest BCUT2D eigenvalue weighted by molar-refractivity contribution is -0.148. The first-order valence-electron chi connectivity index (χ1n) is 11.3. The monoisotopic (exact) mass is 438 g/mol. The lowest BCUT2D eigenvalue weighted by Crippen LogP contribution is -2.22. The third-order valence-corrected chi connectivity index (χ3v) is 5.51. The summed E-state index contributed by atoms with van der Waals surface area (Å²) in [6, 6.07) is 10.5. The van der Waals surface area contributed by atoms with Crippen LogP contribution in [0.15, 0.2) is 42.2 Å². The minimum absolute atomic E-state index is 0.0926. The van der Waals surface area contributed by atoms with E-state index in [0.717, 1.165) is 22.3 Å². The summed E-state index contributed by atoms with van der Waals surface area (Å²) in [5.74, 6) is -0.854. The Morgan fingerprint density at radius 1 is 1.06 bits per heavy atom. The van der Waals surface area contributed by atoms with Gasteiger partial charge in [0, 0.05) is 12.3 Å². The van der Waals surface area contributed by atoms with Crippen LogP contribution in [-0.2, 0) is 20.7 Å². The fraction of sp³-hybridized carbons (Fsp3) is 0.429. The molecule has 0 aliphatic heterocycles. The summed E-state index contributed by atoms with van der Waals surface area (Å²) >= 11 is 0. The first-order chi connectivity index (χ1) is 15.0. The largest absolute Gasteiger partial charge is 0.430 e. The molecule has 1 unspecified atom stereocenters. The summed E-state index contributed by atoms with van der Waals surface area (Å²) in [4.78, 5) is 26.1. The number of hydrogen-bond acceptors (Lipinski definition) is 3. The van der Waals surface area contributed by atoms with Crippen LogP contribution in [0.1, 0.15) is 68.9 Å². The normalized spacial score (nSPS) is 16.0. The van der Waals surface area contributed by atoms with Crippen LogP contribution in [-0.4, -0.2) is 11.8 Å². The number of carbonyl (C=O) groups excluding carboxylic acids is 2. The van der Waals surface area contributed by atoms with E-state index in [1.54, 1.807) is 39.0 Å². The number of hydrogen-bond donors (Lipinski definition) is 0. The number of carbonyl (C=O) groups is 2. The molecule has 0 saturated carbocycles. The fourth-order valence-electron chi connectivity index (χ4n) is 4.05. The number of aryl methyl sites for hydroxylation is 3. The van der Waals surface area contributed by atoms with E-state index in [1.165, 1.54) is 6.07 Å². The van der Waals surface area contributed by atoms with Crippen molar-refractivity contribution in [2.75, 3.05) is 0 Å². The molecular formula is C28H35FO3. The van der Waals surface area contributed by atoms with Crippen molar-refractivity contribution < 1.29 is 18.7 Å². The lowest BCUT2D eigenvalue weighted by Gasteiger charge is -2.18. The topological polar surface area (TPSA) is 43.4 Å². The van der Waals surface area contributed by atoms with Gasteiger partial charge in [-0.15, -0.1) is 0 Å². The van der Waals surface area contributed by atoms with E-state index in [-0.39, 0.29) is 30.4 Å². The SMILES string of the molecule is CC.Cc1cc(C)c(C2=C(OC(=O)C(C)(C)C)CC(Cc3ccccc3F)C2=O)c(C)c1. The van der Waals surface area contributed by atoms with Crippen molar-refractivity contribution in [2.45, 2.75) is 68.2 Å². The highest BCUT2D eigenvalue weighted by atomic mass is 19.1. The number of ketones is 1. The Labute approximate surface area is 191 Å². The molecule has 0 bridgehead atoms. The minimum Gasteiger partial charge on any atom is -0.430 e. The molecule has 4 heteroatoms. The van der Waals surface area contributed by atoms with Gasteiger partial charge in [-0.1, -0.05) is 49.7 Å². The predicted octanol–water partition coefficient (Wildman–Crippen LogP) is 6.91. The van der Waals surface area contributed by atoms with Gasteiger partial charge in [0.15, 0.2) is 5.78 Å².